The maximum absolute atomic E-state index is 13.2. The van der Waals surface area contributed by atoms with Gasteiger partial charge in [-0.1, -0.05) is 0 Å². The quantitative estimate of drug-likeness (QED) is 0.760. The van der Waals surface area contributed by atoms with E-state index in [1.807, 2.05) is 0 Å². The maximum Gasteiger partial charge on any atom is 0.341 e. The molecule has 1 N–H and O–H groups in total. The van der Waals surface area contributed by atoms with Crippen LogP contribution in [0.5, 0.6) is 11.5 Å². The number of esters is 1. The van der Waals surface area contributed by atoms with Crippen molar-refractivity contribution in [1.82, 2.24) is 0 Å². The van der Waals surface area contributed by atoms with E-state index in [9.17, 15) is 14.3 Å². The molecule has 1 aromatic carbocycles. The Hall–Kier alpha value is -1.78. The van der Waals surface area contributed by atoms with Crippen LogP contribution in [0, 0.1) is 12.7 Å². The standard InChI is InChI=1S/C10H11FO4/c1-5-8(11)7(12)4-6(9(5)14-2)10(13)15-3/h4,12H,1-3H3. The van der Waals surface area contributed by atoms with E-state index in [1.165, 1.54) is 21.1 Å². The number of carbonyl (C=O) groups excluding carboxylic acids is 1. The number of carbonyl (C=O) groups is 1. The number of hydrogen-bond donors (Lipinski definition) is 1. The van der Waals surface area contributed by atoms with Crippen LogP contribution in [0.4, 0.5) is 4.39 Å². The molecule has 0 heterocycles. The zero-order valence-corrected chi connectivity index (χ0v) is 8.63. The van der Waals surface area contributed by atoms with Gasteiger partial charge in [-0.3, -0.25) is 0 Å². The van der Waals surface area contributed by atoms with Gasteiger partial charge in [-0.25, -0.2) is 9.18 Å². The van der Waals surface area contributed by atoms with Crippen LogP contribution in [0.25, 0.3) is 0 Å². The van der Waals surface area contributed by atoms with Gasteiger partial charge in [-0.15, -0.1) is 0 Å². The molecule has 0 aliphatic heterocycles. The Balaban J connectivity index is 3.45. The molecule has 0 radical (unpaired) electrons. The highest BCUT2D eigenvalue weighted by Crippen LogP contribution is 2.32. The average molecular weight is 214 g/mol. The van der Waals surface area contributed by atoms with E-state index < -0.39 is 17.5 Å². The third-order valence-electron chi connectivity index (χ3n) is 2.03. The molecular weight excluding hydrogens is 203 g/mol. The largest absolute Gasteiger partial charge is 0.505 e. The molecular formula is C10H11FO4. The van der Waals surface area contributed by atoms with Gasteiger partial charge in [0.25, 0.3) is 0 Å². The SMILES string of the molecule is COC(=O)c1cc(O)c(F)c(C)c1OC. The first-order valence-electron chi connectivity index (χ1n) is 4.17. The Morgan fingerprint density at radius 1 is 1.47 bits per heavy atom. The van der Waals surface area contributed by atoms with Gasteiger partial charge in [0, 0.05) is 11.6 Å². The number of methoxy groups -OCH3 is 2. The molecule has 0 aromatic heterocycles. The van der Waals surface area contributed by atoms with Crippen LogP contribution in [0.2, 0.25) is 0 Å². The lowest BCUT2D eigenvalue weighted by molar-refractivity contribution is 0.0596. The van der Waals surface area contributed by atoms with Gasteiger partial charge in [0.05, 0.1) is 14.2 Å². The Morgan fingerprint density at radius 2 is 2.07 bits per heavy atom. The van der Waals surface area contributed by atoms with Crippen LogP contribution in [-0.2, 0) is 4.74 Å². The average Bonchev–Trinajstić information content (AvgIpc) is 2.24. The Kier molecular flexibility index (Phi) is 3.14. The summed E-state index contributed by atoms with van der Waals surface area (Å²) in [6.45, 7) is 1.40. The first kappa shape index (κ1) is 11.3. The van der Waals surface area contributed by atoms with Crippen molar-refractivity contribution in [1.29, 1.82) is 0 Å². The van der Waals surface area contributed by atoms with Crippen molar-refractivity contribution < 1.29 is 23.8 Å². The van der Waals surface area contributed by atoms with Crippen LogP contribution >= 0.6 is 0 Å². The number of benzene rings is 1. The minimum absolute atomic E-state index is 0.00333. The van der Waals surface area contributed by atoms with E-state index in [0.29, 0.717) is 0 Å². The lowest BCUT2D eigenvalue weighted by Gasteiger charge is -2.11. The monoisotopic (exact) mass is 214 g/mol. The molecule has 15 heavy (non-hydrogen) atoms. The molecule has 0 atom stereocenters. The zero-order valence-electron chi connectivity index (χ0n) is 8.63. The number of aromatic hydroxyl groups is 1. The molecule has 0 spiro atoms. The summed E-state index contributed by atoms with van der Waals surface area (Å²) in [6, 6.07) is 0.979. The van der Waals surface area contributed by atoms with Crippen LogP contribution in [0.15, 0.2) is 6.07 Å². The third-order valence-corrected chi connectivity index (χ3v) is 2.03. The normalized spacial score (nSPS) is 9.87. The molecule has 0 saturated carbocycles. The van der Waals surface area contributed by atoms with Crippen molar-refractivity contribution in [3.8, 4) is 11.5 Å². The maximum atomic E-state index is 13.2. The summed E-state index contributed by atoms with van der Waals surface area (Å²) in [5.41, 5.74) is 0.0642. The Morgan fingerprint density at radius 3 is 2.53 bits per heavy atom. The fourth-order valence-electron chi connectivity index (χ4n) is 1.28. The van der Waals surface area contributed by atoms with Crippen LogP contribution in [0.1, 0.15) is 15.9 Å². The number of phenolic OH excluding ortho intramolecular Hbond substituents is 1. The molecule has 0 saturated heterocycles. The fourth-order valence-corrected chi connectivity index (χ4v) is 1.28. The molecule has 0 bridgehead atoms. The van der Waals surface area contributed by atoms with Gasteiger partial charge in [0.1, 0.15) is 11.3 Å². The van der Waals surface area contributed by atoms with Gasteiger partial charge in [-0.05, 0) is 6.92 Å². The molecule has 0 aliphatic rings. The van der Waals surface area contributed by atoms with Gasteiger partial charge < -0.3 is 14.6 Å². The molecule has 0 amide bonds. The number of hydrogen-bond acceptors (Lipinski definition) is 4. The summed E-state index contributed by atoms with van der Waals surface area (Å²) in [7, 11) is 2.50. The molecule has 1 rings (SSSR count). The summed E-state index contributed by atoms with van der Waals surface area (Å²) in [5.74, 6) is -2.03. The molecule has 4 nitrogen and oxygen atoms in total. The summed E-state index contributed by atoms with van der Waals surface area (Å²) in [4.78, 5) is 11.3. The molecule has 0 aliphatic carbocycles. The lowest BCUT2D eigenvalue weighted by atomic mass is 10.1. The second-order valence-corrected chi connectivity index (χ2v) is 2.91. The smallest absolute Gasteiger partial charge is 0.341 e. The highest BCUT2D eigenvalue weighted by Gasteiger charge is 2.20. The van der Waals surface area contributed by atoms with Gasteiger partial charge in [-0.2, -0.15) is 0 Å². The highest BCUT2D eigenvalue weighted by molar-refractivity contribution is 5.93. The van der Waals surface area contributed by atoms with Crippen LogP contribution in [0.3, 0.4) is 0 Å². The second-order valence-electron chi connectivity index (χ2n) is 2.91. The van der Waals surface area contributed by atoms with Gasteiger partial charge in [0.15, 0.2) is 11.6 Å². The molecule has 1 aromatic rings. The van der Waals surface area contributed by atoms with E-state index in [2.05, 4.69) is 4.74 Å². The van der Waals surface area contributed by atoms with E-state index in [1.54, 1.807) is 0 Å². The first-order valence-corrected chi connectivity index (χ1v) is 4.17. The van der Waals surface area contributed by atoms with Crippen LogP contribution < -0.4 is 4.74 Å². The molecule has 5 heteroatoms. The highest BCUT2D eigenvalue weighted by atomic mass is 19.1. The minimum atomic E-state index is -0.806. The Bertz CT molecular complexity index is 401. The summed E-state index contributed by atoms with van der Waals surface area (Å²) in [5, 5.41) is 9.21. The van der Waals surface area contributed by atoms with Gasteiger partial charge in [0.2, 0.25) is 0 Å². The zero-order chi connectivity index (χ0) is 11.6. The summed E-state index contributed by atoms with van der Waals surface area (Å²) in [6.07, 6.45) is 0. The lowest BCUT2D eigenvalue weighted by Crippen LogP contribution is -2.06. The first-order chi connectivity index (χ1) is 7.02. The Labute approximate surface area is 86.2 Å². The number of halogens is 1. The van der Waals surface area contributed by atoms with Crippen molar-refractivity contribution in [3.63, 3.8) is 0 Å². The van der Waals surface area contributed by atoms with E-state index >= 15 is 0 Å². The van der Waals surface area contributed by atoms with E-state index in [-0.39, 0.29) is 16.9 Å². The predicted octanol–water partition coefficient (Wildman–Crippen LogP) is 1.63. The second kappa shape index (κ2) is 4.16. The summed E-state index contributed by atoms with van der Waals surface area (Å²) >= 11 is 0. The van der Waals surface area contributed by atoms with E-state index in [4.69, 9.17) is 4.74 Å². The number of rotatable bonds is 2. The van der Waals surface area contributed by atoms with Crippen molar-refractivity contribution in [2.75, 3.05) is 14.2 Å². The molecule has 82 valence electrons. The van der Waals surface area contributed by atoms with Crippen molar-refractivity contribution in [3.05, 3.63) is 23.0 Å². The van der Waals surface area contributed by atoms with Crippen LogP contribution in [-0.4, -0.2) is 25.3 Å². The van der Waals surface area contributed by atoms with E-state index in [0.717, 1.165) is 6.07 Å². The summed E-state index contributed by atoms with van der Waals surface area (Å²) < 4.78 is 22.6. The molecule has 0 fully saturated rings. The predicted molar refractivity (Wildman–Crippen MR) is 50.7 cm³/mol. The van der Waals surface area contributed by atoms with Gasteiger partial charge >= 0.3 is 5.97 Å². The topological polar surface area (TPSA) is 55.8 Å². The third kappa shape index (κ3) is 1.86. The van der Waals surface area contributed by atoms with Crippen molar-refractivity contribution in [2.24, 2.45) is 0 Å². The van der Waals surface area contributed by atoms with Crippen molar-refractivity contribution >= 4 is 5.97 Å². The fraction of sp³-hybridized carbons (Fsp3) is 0.300. The van der Waals surface area contributed by atoms with Crippen molar-refractivity contribution in [2.45, 2.75) is 6.92 Å². The number of ether oxygens (including phenoxy) is 2. The minimum Gasteiger partial charge on any atom is -0.505 e. The molecule has 0 unspecified atom stereocenters. The number of phenols is 1.